The molecule has 0 fully saturated rings. The first kappa shape index (κ1) is 16.0. The lowest BCUT2D eigenvalue weighted by molar-refractivity contribution is 0.211. The second kappa shape index (κ2) is 7.03. The minimum absolute atomic E-state index is 0.0473. The average molecular weight is 307 g/mol. The van der Waals surface area contributed by atoms with Crippen molar-refractivity contribution in [3.05, 3.63) is 70.5 Å². The molecule has 0 bridgehead atoms. The predicted octanol–water partition coefficient (Wildman–Crippen LogP) is 4.00. The summed E-state index contributed by atoms with van der Waals surface area (Å²) in [5.41, 5.74) is 8.29. The largest absolute Gasteiger partial charge is 0.326 e. The quantitative estimate of drug-likeness (QED) is 0.904. The maximum atomic E-state index is 13.0. The molecular weight excluding hydrogens is 287 g/mol. The standard InChI is InChI=1S/C17H20ClFN2/c1-12(20)17(14-4-3-5-15(18)10-14)21(2)11-13-6-8-16(19)9-7-13/h3-10,12,17H,11,20H2,1-2H3. The Labute approximate surface area is 130 Å². The van der Waals surface area contributed by atoms with E-state index >= 15 is 0 Å². The minimum atomic E-state index is -0.222. The molecule has 2 atom stereocenters. The Balaban J connectivity index is 2.19. The van der Waals surface area contributed by atoms with Crippen molar-refractivity contribution in [2.45, 2.75) is 25.6 Å². The van der Waals surface area contributed by atoms with Crippen molar-refractivity contribution in [1.29, 1.82) is 0 Å². The molecule has 0 heterocycles. The van der Waals surface area contributed by atoms with Gasteiger partial charge in [-0.15, -0.1) is 0 Å². The van der Waals surface area contributed by atoms with Gasteiger partial charge in [-0.25, -0.2) is 4.39 Å². The molecule has 0 saturated carbocycles. The Morgan fingerprint density at radius 1 is 1.19 bits per heavy atom. The molecule has 0 aromatic heterocycles. The second-order valence-corrected chi connectivity index (χ2v) is 5.84. The summed E-state index contributed by atoms with van der Waals surface area (Å²) in [6, 6.07) is 14.3. The van der Waals surface area contributed by atoms with Crippen LogP contribution in [0.3, 0.4) is 0 Å². The topological polar surface area (TPSA) is 29.3 Å². The van der Waals surface area contributed by atoms with Gasteiger partial charge in [0.15, 0.2) is 0 Å². The highest BCUT2D eigenvalue weighted by Gasteiger charge is 2.21. The Kier molecular flexibility index (Phi) is 5.34. The first-order valence-electron chi connectivity index (χ1n) is 6.93. The summed E-state index contributed by atoms with van der Waals surface area (Å²) in [5.74, 6) is -0.222. The van der Waals surface area contributed by atoms with E-state index in [9.17, 15) is 4.39 Å². The Hall–Kier alpha value is -1.42. The lowest BCUT2D eigenvalue weighted by Crippen LogP contribution is -2.36. The first-order valence-corrected chi connectivity index (χ1v) is 7.31. The molecule has 2 aromatic carbocycles. The summed E-state index contributed by atoms with van der Waals surface area (Å²) < 4.78 is 13.0. The van der Waals surface area contributed by atoms with Gasteiger partial charge in [-0.1, -0.05) is 35.9 Å². The zero-order chi connectivity index (χ0) is 15.4. The first-order chi connectivity index (χ1) is 9.97. The second-order valence-electron chi connectivity index (χ2n) is 5.40. The Morgan fingerprint density at radius 3 is 2.43 bits per heavy atom. The molecular formula is C17H20ClFN2. The lowest BCUT2D eigenvalue weighted by Gasteiger charge is -2.31. The average Bonchev–Trinajstić information content (AvgIpc) is 2.41. The molecule has 0 aliphatic rings. The van der Waals surface area contributed by atoms with Crippen LogP contribution in [0.1, 0.15) is 24.1 Å². The maximum absolute atomic E-state index is 13.0. The van der Waals surface area contributed by atoms with E-state index in [0.717, 1.165) is 11.1 Å². The van der Waals surface area contributed by atoms with E-state index in [1.165, 1.54) is 12.1 Å². The van der Waals surface area contributed by atoms with Gasteiger partial charge in [0.05, 0.1) is 0 Å². The van der Waals surface area contributed by atoms with Crippen molar-refractivity contribution in [3.63, 3.8) is 0 Å². The van der Waals surface area contributed by atoms with Crippen molar-refractivity contribution < 1.29 is 4.39 Å². The summed E-state index contributed by atoms with van der Waals surface area (Å²) in [5, 5.41) is 0.702. The molecule has 0 aliphatic heterocycles. The summed E-state index contributed by atoms with van der Waals surface area (Å²) in [4.78, 5) is 2.16. The van der Waals surface area contributed by atoms with Gasteiger partial charge < -0.3 is 5.73 Å². The smallest absolute Gasteiger partial charge is 0.123 e. The van der Waals surface area contributed by atoms with Crippen molar-refractivity contribution in [3.8, 4) is 0 Å². The fourth-order valence-electron chi connectivity index (χ4n) is 2.63. The normalized spacial score (nSPS) is 14.2. The molecule has 2 rings (SSSR count). The zero-order valence-electron chi connectivity index (χ0n) is 12.3. The third kappa shape index (κ3) is 4.27. The van der Waals surface area contributed by atoms with Gasteiger partial charge in [-0.3, -0.25) is 4.90 Å². The van der Waals surface area contributed by atoms with Gasteiger partial charge >= 0.3 is 0 Å². The number of halogens is 2. The summed E-state index contributed by atoms with van der Waals surface area (Å²) >= 11 is 6.07. The van der Waals surface area contributed by atoms with Crippen LogP contribution in [0.15, 0.2) is 48.5 Å². The molecule has 2 unspecified atom stereocenters. The fraction of sp³-hybridized carbons (Fsp3) is 0.294. The highest BCUT2D eigenvalue weighted by Crippen LogP contribution is 2.26. The highest BCUT2D eigenvalue weighted by molar-refractivity contribution is 6.30. The molecule has 0 spiro atoms. The van der Waals surface area contributed by atoms with Crippen LogP contribution >= 0.6 is 11.6 Å². The molecule has 21 heavy (non-hydrogen) atoms. The maximum Gasteiger partial charge on any atom is 0.123 e. The van der Waals surface area contributed by atoms with E-state index in [1.54, 1.807) is 12.1 Å². The van der Waals surface area contributed by atoms with Gasteiger partial charge in [0.2, 0.25) is 0 Å². The molecule has 0 amide bonds. The molecule has 2 N–H and O–H groups in total. The van der Waals surface area contributed by atoms with Crippen LogP contribution in [0.2, 0.25) is 5.02 Å². The van der Waals surface area contributed by atoms with E-state index in [-0.39, 0.29) is 17.9 Å². The number of likely N-dealkylation sites (N-methyl/N-ethyl adjacent to an activating group) is 1. The van der Waals surface area contributed by atoms with Crippen molar-refractivity contribution in [2.24, 2.45) is 5.73 Å². The van der Waals surface area contributed by atoms with Gasteiger partial charge in [0.1, 0.15) is 5.82 Å². The molecule has 0 aliphatic carbocycles. The molecule has 0 saturated heterocycles. The van der Waals surface area contributed by atoms with Crippen LogP contribution in [0.5, 0.6) is 0 Å². The SMILES string of the molecule is CC(N)C(c1cccc(Cl)c1)N(C)Cc1ccc(F)cc1. The lowest BCUT2D eigenvalue weighted by atomic mass is 9.99. The molecule has 4 heteroatoms. The number of rotatable bonds is 5. The van der Waals surface area contributed by atoms with Crippen LogP contribution < -0.4 is 5.73 Å². The summed E-state index contributed by atoms with van der Waals surface area (Å²) in [6.07, 6.45) is 0. The van der Waals surface area contributed by atoms with E-state index in [4.69, 9.17) is 17.3 Å². The van der Waals surface area contributed by atoms with Crippen molar-refractivity contribution >= 4 is 11.6 Å². The van der Waals surface area contributed by atoms with Gasteiger partial charge in [0.25, 0.3) is 0 Å². The van der Waals surface area contributed by atoms with Gasteiger partial charge in [0, 0.05) is 23.7 Å². The van der Waals surface area contributed by atoms with Crippen LogP contribution in [-0.2, 0) is 6.54 Å². The molecule has 112 valence electrons. The van der Waals surface area contributed by atoms with Crippen LogP contribution in [0.25, 0.3) is 0 Å². The number of nitrogens with two attached hydrogens (primary N) is 1. The molecule has 2 nitrogen and oxygen atoms in total. The van der Waals surface area contributed by atoms with Crippen molar-refractivity contribution in [2.75, 3.05) is 7.05 Å². The zero-order valence-corrected chi connectivity index (χ0v) is 13.0. The number of nitrogens with zero attached hydrogens (tertiary/aromatic N) is 1. The number of hydrogen-bond donors (Lipinski definition) is 1. The van der Waals surface area contributed by atoms with Gasteiger partial charge in [-0.05, 0) is 49.4 Å². The fourth-order valence-corrected chi connectivity index (χ4v) is 2.82. The van der Waals surface area contributed by atoms with Gasteiger partial charge in [-0.2, -0.15) is 0 Å². The van der Waals surface area contributed by atoms with E-state index < -0.39 is 0 Å². The Morgan fingerprint density at radius 2 is 1.86 bits per heavy atom. The Bertz CT molecular complexity index is 584. The third-order valence-corrected chi connectivity index (χ3v) is 3.74. The summed E-state index contributed by atoms with van der Waals surface area (Å²) in [6.45, 7) is 2.67. The van der Waals surface area contributed by atoms with E-state index in [1.807, 2.05) is 38.2 Å². The minimum Gasteiger partial charge on any atom is -0.326 e. The highest BCUT2D eigenvalue weighted by atomic mass is 35.5. The molecule has 2 aromatic rings. The van der Waals surface area contributed by atoms with E-state index in [0.29, 0.717) is 11.6 Å². The number of hydrogen-bond acceptors (Lipinski definition) is 2. The summed E-state index contributed by atoms with van der Waals surface area (Å²) in [7, 11) is 2.01. The van der Waals surface area contributed by atoms with Crippen LogP contribution in [-0.4, -0.2) is 18.0 Å². The van der Waals surface area contributed by atoms with Crippen LogP contribution in [0, 0.1) is 5.82 Å². The number of benzene rings is 2. The monoisotopic (exact) mass is 306 g/mol. The van der Waals surface area contributed by atoms with E-state index in [2.05, 4.69) is 4.90 Å². The molecule has 0 radical (unpaired) electrons. The van der Waals surface area contributed by atoms with Crippen LogP contribution in [0.4, 0.5) is 4.39 Å². The predicted molar refractivity (Wildman–Crippen MR) is 85.7 cm³/mol. The third-order valence-electron chi connectivity index (χ3n) is 3.51. The van der Waals surface area contributed by atoms with Crippen molar-refractivity contribution in [1.82, 2.24) is 4.90 Å².